The highest BCUT2D eigenvalue weighted by Crippen LogP contribution is 2.36. The number of fused-ring (bicyclic) bond motifs is 1. The van der Waals surface area contributed by atoms with Gasteiger partial charge in [0, 0.05) is 4.47 Å². The summed E-state index contributed by atoms with van der Waals surface area (Å²) in [5, 5.41) is 12.0. The Balaban J connectivity index is 2.02. The van der Waals surface area contributed by atoms with Gasteiger partial charge in [-0.3, -0.25) is 14.8 Å². The summed E-state index contributed by atoms with van der Waals surface area (Å²) in [5.41, 5.74) is 2.58. The van der Waals surface area contributed by atoms with E-state index in [-0.39, 0.29) is 9.90 Å². The zero-order chi connectivity index (χ0) is 16.6. The van der Waals surface area contributed by atoms with E-state index < -0.39 is 14.9 Å². The second kappa shape index (κ2) is 6.21. The molecule has 0 aliphatic heterocycles. The first-order valence-electron chi connectivity index (χ1n) is 6.95. The lowest BCUT2D eigenvalue weighted by atomic mass is 9.91. The summed E-state index contributed by atoms with van der Waals surface area (Å²) in [6, 6.07) is 4.77. The summed E-state index contributed by atoms with van der Waals surface area (Å²) in [5.74, 6) is 0. The highest BCUT2D eigenvalue weighted by molar-refractivity contribution is 9.10. The average Bonchev–Trinajstić information content (AvgIpc) is 3.01. The number of anilines is 1. The number of rotatable bonds is 4. The summed E-state index contributed by atoms with van der Waals surface area (Å²) in [6.45, 7) is 0. The molecule has 3 rings (SSSR count). The van der Waals surface area contributed by atoms with Crippen LogP contribution in [0.4, 0.5) is 10.7 Å². The Morgan fingerprint density at radius 1 is 1.17 bits per heavy atom. The number of sulfonamides is 1. The maximum Gasteiger partial charge on any atom is 0.344 e. The molecule has 0 saturated carbocycles. The lowest BCUT2D eigenvalue weighted by Crippen LogP contribution is -2.16. The number of hydrogen-bond donors (Lipinski definition) is 1. The number of hydrogen-bond acceptors (Lipinski definition) is 5. The smallest absolute Gasteiger partial charge is 0.279 e. The van der Waals surface area contributed by atoms with Gasteiger partial charge in [-0.2, -0.15) is 0 Å². The van der Waals surface area contributed by atoms with Crippen molar-refractivity contribution in [3.05, 3.63) is 49.3 Å². The van der Waals surface area contributed by atoms with Crippen LogP contribution >= 0.6 is 27.3 Å². The standard InChI is InChI=1S/C14H13BrN2O4S2/c15-11-5-6-12(10-4-2-1-3-9(10)11)16-23(20,21)13-7-8-22-14(13)17(18)19/h5-8,16H,1-4H2. The Morgan fingerprint density at radius 2 is 1.87 bits per heavy atom. The SMILES string of the molecule is O=[N+]([O-])c1sccc1S(=O)(=O)Nc1ccc(Br)c2c1CCCC2. The van der Waals surface area contributed by atoms with Crippen LogP contribution in [0.3, 0.4) is 0 Å². The molecular formula is C14H13BrN2O4S2. The van der Waals surface area contributed by atoms with E-state index in [4.69, 9.17) is 0 Å². The molecule has 2 aromatic rings. The van der Waals surface area contributed by atoms with E-state index in [0.717, 1.165) is 52.6 Å². The topological polar surface area (TPSA) is 89.3 Å². The van der Waals surface area contributed by atoms with Crippen LogP contribution < -0.4 is 4.72 Å². The second-order valence-corrected chi connectivity index (χ2v) is 8.61. The first-order chi connectivity index (χ1) is 10.9. The van der Waals surface area contributed by atoms with E-state index in [1.54, 1.807) is 6.07 Å². The van der Waals surface area contributed by atoms with Crippen molar-refractivity contribution < 1.29 is 13.3 Å². The number of benzene rings is 1. The van der Waals surface area contributed by atoms with Gasteiger partial charge in [0.25, 0.3) is 10.0 Å². The first-order valence-corrected chi connectivity index (χ1v) is 10.1. The molecule has 122 valence electrons. The van der Waals surface area contributed by atoms with Gasteiger partial charge in [-0.15, -0.1) is 0 Å². The summed E-state index contributed by atoms with van der Waals surface area (Å²) in [4.78, 5) is 10.0. The molecule has 0 bridgehead atoms. The molecule has 0 unspecified atom stereocenters. The fraction of sp³-hybridized carbons (Fsp3) is 0.286. The van der Waals surface area contributed by atoms with Crippen molar-refractivity contribution in [3.8, 4) is 0 Å². The number of nitrogens with zero attached hydrogens (tertiary/aromatic N) is 1. The van der Waals surface area contributed by atoms with Gasteiger partial charge in [-0.1, -0.05) is 27.3 Å². The zero-order valence-corrected chi connectivity index (χ0v) is 15.1. The predicted octanol–water partition coefficient (Wildman–Crippen LogP) is 4.10. The predicted molar refractivity (Wildman–Crippen MR) is 92.6 cm³/mol. The van der Waals surface area contributed by atoms with Crippen LogP contribution in [0.2, 0.25) is 0 Å². The molecule has 0 fully saturated rings. The van der Waals surface area contributed by atoms with Crippen LogP contribution in [0.1, 0.15) is 24.0 Å². The third kappa shape index (κ3) is 3.13. The van der Waals surface area contributed by atoms with Crippen molar-refractivity contribution in [1.29, 1.82) is 0 Å². The molecule has 0 amide bonds. The molecule has 1 N–H and O–H groups in total. The number of thiophene rings is 1. The normalized spacial score (nSPS) is 14.3. The number of halogens is 1. The summed E-state index contributed by atoms with van der Waals surface area (Å²) in [6.07, 6.45) is 3.75. The van der Waals surface area contributed by atoms with Crippen molar-refractivity contribution in [1.82, 2.24) is 0 Å². The molecule has 23 heavy (non-hydrogen) atoms. The van der Waals surface area contributed by atoms with Crippen LogP contribution in [0.15, 0.2) is 32.9 Å². The minimum Gasteiger partial charge on any atom is -0.279 e. The molecule has 0 saturated heterocycles. The third-order valence-electron chi connectivity index (χ3n) is 3.79. The Kier molecular flexibility index (Phi) is 4.43. The molecule has 1 heterocycles. The van der Waals surface area contributed by atoms with Gasteiger partial charge in [0.05, 0.1) is 10.6 Å². The van der Waals surface area contributed by atoms with Gasteiger partial charge in [0.2, 0.25) is 0 Å². The molecule has 0 atom stereocenters. The highest BCUT2D eigenvalue weighted by Gasteiger charge is 2.28. The van der Waals surface area contributed by atoms with Crippen LogP contribution in [-0.2, 0) is 22.9 Å². The van der Waals surface area contributed by atoms with E-state index in [9.17, 15) is 18.5 Å². The highest BCUT2D eigenvalue weighted by atomic mass is 79.9. The Hall–Kier alpha value is -1.45. The van der Waals surface area contributed by atoms with Crippen molar-refractivity contribution in [2.45, 2.75) is 30.6 Å². The molecule has 1 aliphatic rings. The van der Waals surface area contributed by atoms with Gasteiger partial charge in [-0.05, 0) is 60.4 Å². The average molecular weight is 417 g/mol. The van der Waals surface area contributed by atoms with Crippen LogP contribution in [0, 0.1) is 10.1 Å². The Bertz CT molecular complexity index is 877. The number of nitro groups is 1. The first kappa shape index (κ1) is 16.4. The van der Waals surface area contributed by atoms with E-state index >= 15 is 0 Å². The van der Waals surface area contributed by atoms with Crippen molar-refractivity contribution in [2.75, 3.05) is 4.72 Å². The van der Waals surface area contributed by atoms with Crippen molar-refractivity contribution in [2.24, 2.45) is 0 Å². The Morgan fingerprint density at radius 3 is 2.57 bits per heavy atom. The second-order valence-electron chi connectivity index (χ2n) is 5.21. The molecule has 1 aliphatic carbocycles. The minimum absolute atomic E-state index is 0.292. The quantitative estimate of drug-likeness (QED) is 0.599. The van der Waals surface area contributed by atoms with E-state index in [0.29, 0.717) is 5.69 Å². The molecule has 9 heteroatoms. The van der Waals surface area contributed by atoms with E-state index in [1.165, 1.54) is 11.4 Å². The van der Waals surface area contributed by atoms with Gasteiger partial charge in [-0.25, -0.2) is 8.42 Å². The monoisotopic (exact) mass is 416 g/mol. The molecule has 0 radical (unpaired) electrons. The van der Waals surface area contributed by atoms with Crippen LogP contribution in [-0.4, -0.2) is 13.3 Å². The zero-order valence-electron chi connectivity index (χ0n) is 11.9. The fourth-order valence-electron chi connectivity index (χ4n) is 2.75. The van der Waals surface area contributed by atoms with Crippen molar-refractivity contribution >= 4 is 48.0 Å². The summed E-state index contributed by atoms with van der Waals surface area (Å²) < 4.78 is 28.6. The maximum atomic E-state index is 12.5. The van der Waals surface area contributed by atoms with Gasteiger partial charge in [0.15, 0.2) is 4.90 Å². The lowest BCUT2D eigenvalue weighted by molar-refractivity contribution is -0.383. The van der Waals surface area contributed by atoms with E-state index in [2.05, 4.69) is 20.7 Å². The molecule has 6 nitrogen and oxygen atoms in total. The van der Waals surface area contributed by atoms with Gasteiger partial charge >= 0.3 is 5.00 Å². The maximum absolute atomic E-state index is 12.5. The van der Waals surface area contributed by atoms with Gasteiger partial charge < -0.3 is 0 Å². The third-order valence-corrected chi connectivity index (χ3v) is 6.92. The molecule has 1 aromatic heterocycles. The summed E-state index contributed by atoms with van der Waals surface area (Å²) >= 11 is 4.30. The van der Waals surface area contributed by atoms with Crippen molar-refractivity contribution in [3.63, 3.8) is 0 Å². The molecule has 0 spiro atoms. The van der Waals surface area contributed by atoms with Gasteiger partial charge in [0.1, 0.15) is 0 Å². The molecule has 1 aromatic carbocycles. The fourth-order valence-corrected chi connectivity index (χ4v) is 5.62. The largest absolute Gasteiger partial charge is 0.344 e. The van der Waals surface area contributed by atoms with Crippen LogP contribution in [0.5, 0.6) is 0 Å². The lowest BCUT2D eigenvalue weighted by Gasteiger charge is -2.21. The number of nitrogens with one attached hydrogen (secondary N) is 1. The van der Waals surface area contributed by atoms with E-state index in [1.807, 2.05) is 6.07 Å². The molecular weight excluding hydrogens is 404 g/mol. The summed E-state index contributed by atoms with van der Waals surface area (Å²) in [7, 11) is -3.99. The Labute approximate surface area is 145 Å². The minimum atomic E-state index is -3.99. The van der Waals surface area contributed by atoms with Crippen LogP contribution in [0.25, 0.3) is 0 Å².